The van der Waals surface area contributed by atoms with E-state index in [4.69, 9.17) is 9.47 Å². The molecule has 1 aromatic carbocycles. The lowest BCUT2D eigenvalue weighted by Crippen LogP contribution is -2.41. The third-order valence-corrected chi connectivity index (χ3v) is 4.98. The summed E-state index contributed by atoms with van der Waals surface area (Å²) in [5.41, 5.74) is 2.24. The van der Waals surface area contributed by atoms with Gasteiger partial charge < -0.3 is 19.5 Å². The fourth-order valence-corrected chi connectivity index (χ4v) is 3.45. The molecule has 2 aliphatic heterocycles. The van der Waals surface area contributed by atoms with E-state index >= 15 is 0 Å². The van der Waals surface area contributed by atoms with Crippen molar-refractivity contribution >= 4 is 0 Å². The highest BCUT2D eigenvalue weighted by molar-refractivity contribution is 5.23. The van der Waals surface area contributed by atoms with E-state index in [-0.39, 0.29) is 0 Å². The van der Waals surface area contributed by atoms with Gasteiger partial charge in [0, 0.05) is 32.8 Å². The van der Waals surface area contributed by atoms with Gasteiger partial charge in [0.15, 0.2) is 0 Å². The van der Waals surface area contributed by atoms with Crippen LogP contribution in [0.5, 0.6) is 0 Å². The summed E-state index contributed by atoms with van der Waals surface area (Å²) in [6.45, 7) is 6.48. The maximum atomic E-state index is 10.4. The van der Waals surface area contributed by atoms with Gasteiger partial charge in [0.2, 0.25) is 0 Å². The first kappa shape index (κ1) is 16.9. The van der Waals surface area contributed by atoms with Crippen LogP contribution in [0.25, 0.3) is 0 Å². The normalized spacial score (nSPS) is 23.0. The zero-order valence-electron chi connectivity index (χ0n) is 14.1. The molecule has 0 amide bonds. The number of aliphatic hydroxyl groups is 1. The molecule has 4 nitrogen and oxygen atoms in total. The highest BCUT2D eigenvalue weighted by atomic mass is 16.5. The van der Waals surface area contributed by atoms with E-state index in [2.05, 4.69) is 24.0 Å². The standard InChI is InChI=1S/C19H29NO3/c1-15-2-4-16(5-3-15)19(21)14-20-10-6-17(7-11-20)23-18-8-12-22-13-9-18/h2-5,17-19,21H,6-14H2,1H3. The zero-order chi connectivity index (χ0) is 16.1. The van der Waals surface area contributed by atoms with Crippen molar-refractivity contribution in [2.24, 2.45) is 0 Å². The van der Waals surface area contributed by atoms with Gasteiger partial charge in [-0.2, -0.15) is 0 Å². The molecule has 128 valence electrons. The van der Waals surface area contributed by atoms with E-state index in [1.165, 1.54) is 5.56 Å². The van der Waals surface area contributed by atoms with E-state index in [0.717, 1.165) is 57.6 Å². The number of aliphatic hydroxyl groups excluding tert-OH is 1. The van der Waals surface area contributed by atoms with Crippen LogP contribution in [0, 0.1) is 6.92 Å². The maximum absolute atomic E-state index is 10.4. The van der Waals surface area contributed by atoms with Crippen LogP contribution in [0.1, 0.15) is 42.9 Å². The Balaban J connectivity index is 1.40. The minimum Gasteiger partial charge on any atom is -0.387 e. The lowest BCUT2D eigenvalue weighted by Gasteiger charge is -2.35. The fraction of sp³-hybridized carbons (Fsp3) is 0.684. The van der Waals surface area contributed by atoms with Gasteiger partial charge in [-0.1, -0.05) is 29.8 Å². The third-order valence-electron chi connectivity index (χ3n) is 4.98. The number of likely N-dealkylation sites (tertiary alicyclic amines) is 1. The van der Waals surface area contributed by atoms with Crippen molar-refractivity contribution in [1.82, 2.24) is 4.90 Å². The van der Waals surface area contributed by atoms with Crippen LogP contribution in [-0.2, 0) is 9.47 Å². The second-order valence-electron chi connectivity index (χ2n) is 6.87. The van der Waals surface area contributed by atoms with Crippen molar-refractivity contribution in [2.75, 3.05) is 32.8 Å². The first-order chi connectivity index (χ1) is 11.2. The largest absolute Gasteiger partial charge is 0.387 e. The van der Waals surface area contributed by atoms with Crippen molar-refractivity contribution < 1.29 is 14.6 Å². The lowest BCUT2D eigenvalue weighted by molar-refractivity contribution is -0.0864. The number of ether oxygens (including phenoxy) is 2. The van der Waals surface area contributed by atoms with Crippen LogP contribution in [-0.4, -0.2) is 55.1 Å². The van der Waals surface area contributed by atoms with Gasteiger partial charge >= 0.3 is 0 Å². The molecule has 2 aliphatic rings. The predicted molar refractivity (Wildman–Crippen MR) is 90.5 cm³/mol. The molecule has 0 aliphatic carbocycles. The summed E-state index contributed by atoms with van der Waals surface area (Å²) < 4.78 is 11.6. The SMILES string of the molecule is Cc1ccc(C(O)CN2CCC(OC3CCOCC3)CC2)cc1. The van der Waals surface area contributed by atoms with E-state index in [9.17, 15) is 5.11 Å². The molecule has 0 saturated carbocycles. The Morgan fingerprint density at radius 2 is 1.70 bits per heavy atom. The molecule has 0 radical (unpaired) electrons. The van der Waals surface area contributed by atoms with Crippen LogP contribution in [0.15, 0.2) is 24.3 Å². The molecule has 2 heterocycles. The van der Waals surface area contributed by atoms with Crippen molar-refractivity contribution in [1.29, 1.82) is 0 Å². The molecular formula is C19H29NO3. The van der Waals surface area contributed by atoms with Crippen molar-refractivity contribution in [2.45, 2.75) is 50.9 Å². The third kappa shape index (κ3) is 5.01. The summed E-state index contributed by atoms with van der Waals surface area (Å²) in [5, 5.41) is 10.4. The number of nitrogens with zero attached hydrogens (tertiary/aromatic N) is 1. The molecule has 1 unspecified atom stereocenters. The highest BCUT2D eigenvalue weighted by Crippen LogP contribution is 2.22. The van der Waals surface area contributed by atoms with Crippen molar-refractivity contribution in [3.63, 3.8) is 0 Å². The number of rotatable bonds is 5. The topological polar surface area (TPSA) is 41.9 Å². The van der Waals surface area contributed by atoms with Gasteiger partial charge in [0.05, 0.1) is 18.3 Å². The Hall–Kier alpha value is -0.940. The number of aryl methyl sites for hydroxylation is 1. The molecule has 23 heavy (non-hydrogen) atoms. The first-order valence-corrected chi connectivity index (χ1v) is 8.91. The molecule has 1 atom stereocenters. The maximum Gasteiger partial charge on any atom is 0.0916 e. The minimum absolute atomic E-state index is 0.380. The molecule has 0 spiro atoms. The number of hydrogen-bond donors (Lipinski definition) is 1. The summed E-state index contributed by atoms with van der Waals surface area (Å²) in [7, 11) is 0. The van der Waals surface area contributed by atoms with Gasteiger partial charge in [0.25, 0.3) is 0 Å². The summed E-state index contributed by atoms with van der Waals surface area (Å²) in [4.78, 5) is 2.36. The molecule has 1 N–H and O–H groups in total. The van der Waals surface area contributed by atoms with Crippen LogP contribution in [0.4, 0.5) is 0 Å². The molecule has 1 aromatic rings. The Bertz CT molecular complexity index is 462. The fourth-order valence-electron chi connectivity index (χ4n) is 3.45. The highest BCUT2D eigenvalue weighted by Gasteiger charge is 2.25. The Labute approximate surface area is 139 Å². The van der Waals surface area contributed by atoms with Crippen LogP contribution in [0.3, 0.4) is 0 Å². The molecule has 0 aromatic heterocycles. The first-order valence-electron chi connectivity index (χ1n) is 8.91. The molecule has 2 fully saturated rings. The smallest absolute Gasteiger partial charge is 0.0916 e. The van der Waals surface area contributed by atoms with Gasteiger partial charge in [-0.15, -0.1) is 0 Å². The Morgan fingerprint density at radius 1 is 1.09 bits per heavy atom. The quantitative estimate of drug-likeness (QED) is 0.906. The van der Waals surface area contributed by atoms with E-state index in [1.807, 2.05) is 12.1 Å². The summed E-state index contributed by atoms with van der Waals surface area (Å²) in [6.07, 6.45) is 4.57. The minimum atomic E-state index is -0.399. The molecule has 0 bridgehead atoms. The molecule has 4 heteroatoms. The number of benzene rings is 1. The Kier molecular flexibility index (Phi) is 6.06. The number of β-amino-alcohol motifs (C(OH)–C–C–N with tert-alkyl or cyclic N) is 1. The Morgan fingerprint density at radius 3 is 2.35 bits per heavy atom. The second kappa shape index (κ2) is 8.25. The monoisotopic (exact) mass is 319 g/mol. The lowest BCUT2D eigenvalue weighted by atomic mass is 10.0. The zero-order valence-corrected chi connectivity index (χ0v) is 14.1. The average molecular weight is 319 g/mol. The van der Waals surface area contributed by atoms with Crippen LogP contribution in [0.2, 0.25) is 0 Å². The second-order valence-corrected chi connectivity index (χ2v) is 6.87. The average Bonchev–Trinajstić information content (AvgIpc) is 2.58. The van der Waals surface area contributed by atoms with E-state index in [1.54, 1.807) is 0 Å². The van der Waals surface area contributed by atoms with Gasteiger partial charge in [0.1, 0.15) is 0 Å². The number of piperidine rings is 1. The van der Waals surface area contributed by atoms with Crippen molar-refractivity contribution in [3.05, 3.63) is 35.4 Å². The van der Waals surface area contributed by atoms with Gasteiger partial charge in [-0.25, -0.2) is 0 Å². The molecular weight excluding hydrogens is 290 g/mol. The number of hydrogen-bond acceptors (Lipinski definition) is 4. The van der Waals surface area contributed by atoms with Crippen molar-refractivity contribution in [3.8, 4) is 0 Å². The molecule has 2 saturated heterocycles. The van der Waals surface area contributed by atoms with Crippen LogP contribution < -0.4 is 0 Å². The molecule has 3 rings (SSSR count). The van der Waals surface area contributed by atoms with E-state index < -0.39 is 6.10 Å². The summed E-state index contributed by atoms with van der Waals surface area (Å²) in [5.74, 6) is 0. The van der Waals surface area contributed by atoms with Gasteiger partial charge in [-0.05, 0) is 38.2 Å². The van der Waals surface area contributed by atoms with E-state index in [0.29, 0.717) is 18.8 Å². The predicted octanol–water partition coefficient (Wildman–Crippen LogP) is 2.69. The summed E-state index contributed by atoms with van der Waals surface area (Å²) >= 11 is 0. The van der Waals surface area contributed by atoms with Crippen LogP contribution >= 0.6 is 0 Å². The summed E-state index contributed by atoms with van der Waals surface area (Å²) in [6, 6.07) is 8.18. The van der Waals surface area contributed by atoms with Gasteiger partial charge in [-0.3, -0.25) is 0 Å².